The lowest BCUT2D eigenvalue weighted by molar-refractivity contribution is -0.120. The molecule has 0 fully saturated rings. The zero-order chi connectivity index (χ0) is 16.8. The van der Waals surface area contributed by atoms with Gasteiger partial charge in [-0.05, 0) is 40.5 Å². The summed E-state index contributed by atoms with van der Waals surface area (Å²) in [5.74, 6) is 0.0119. The first-order valence-electron chi connectivity index (χ1n) is 8.11. The molecule has 0 unspecified atom stereocenters. The standard InChI is InChI=1S/C13H27NO2.2C2H6/c1-7-8-13(5,6)16-10-9-12(3,4)14-11(2)15;2*1-2/h7-10H2,1-6H3,(H,14,15);2*1-2H3. The predicted molar refractivity (Wildman–Crippen MR) is 90.1 cm³/mol. The van der Waals surface area contributed by atoms with Crippen LogP contribution in [0.3, 0.4) is 0 Å². The summed E-state index contributed by atoms with van der Waals surface area (Å²) in [5, 5.41) is 2.92. The van der Waals surface area contributed by atoms with E-state index in [1.807, 2.05) is 41.5 Å². The van der Waals surface area contributed by atoms with E-state index < -0.39 is 0 Å². The van der Waals surface area contributed by atoms with Crippen molar-refractivity contribution >= 4 is 5.91 Å². The second kappa shape index (κ2) is 13.4. The number of rotatable bonds is 7. The smallest absolute Gasteiger partial charge is 0.217 e. The molecule has 0 atom stereocenters. The number of hydrogen-bond donors (Lipinski definition) is 1. The summed E-state index contributed by atoms with van der Waals surface area (Å²) in [4.78, 5) is 11.0. The van der Waals surface area contributed by atoms with E-state index in [0.717, 1.165) is 19.3 Å². The Morgan fingerprint density at radius 3 is 1.80 bits per heavy atom. The maximum absolute atomic E-state index is 11.0. The van der Waals surface area contributed by atoms with E-state index in [4.69, 9.17) is 4.74 Å². The van der Waals surface area contributed by atoms with Gasteiger partial charge in [0.25, 0.3) is 0 Å². The largest absolute Gasteiger partial charge is 0.375 e. The van der Waals surface area contributed by atoms with Crippen molar-refractivity contribution in [3.05, 3.63) is 0 Å². The van der Waals surface area contributed by atoms with Gasteiger partial charge in [-0.2, -0.15) is 0 Å². The Morgan fingerprint density at radius 2 is 1.45 bits per heavy atom. The summed E-state index contributed by atoms with van der Waals surface area (Å²) in [6.07, 6.45) is 3.02. The van der Waals surface area contributed by atoms with E-state index in [1.54, 1.807) is 6.92 Å². The van der Waals surface area contributed by atoms with Gasteiger partial charge in [0.1, 0.15) is 0 Å². The fourth-order valence-electron chi connectivity index (χ4n) is 1.80. The molecule has 0 bridgehead atoms. The average molecular weight is 290 g/mol. The molecule has 0 aliphatic rings. The van der Waals surface area contributed by atoms with Crippen LogP contribution in [0.5, 0.6) is 0 Å². The summed E-state index contributed by atoms with van der Waals surface area (Å²) in [5.41, 5.74) is -0.241. The highest BCUT2D eigenvalue weighted by Crippen LogP contribution is 2.18. The molecule has 0 rings (SSSR count). The number of ether oxygens (including phenoxy) is 1. The van der Waals surface area contributed by atoms with Crippen molar-refractivity contribution in [2.24, 2.45) is 0 Å². The molecule has 0 radical (unpaired) electrons. The molecule has 3 nitrogen and oxygen atoms in total. The molecule has 0 aliphatic carbocycles. The highest BCUT2D eigenvalue weighted by atomic mass is 16.5. The van der Waals surface area contributed by atoms with Crippen LogP contribution in [0.2, 0.25) is 0 Å². The quantitative estimate of drug-likeness (QED) is 0.721. The Balaban J connectivity index is -0.000000656. The first-order valence-corrected chi connectivity index (χ1v) is 8.11. The minimum atomic E-state index is -0.186. The minimum Gasteiger partial charge on any atom is -0.375 e. The van der Waals surface area contributed by atoms with E-state index in [9.17, 15) is 4.79 Å². The van der Waals surface area contributed by atoms with E-state index in [1.165, 1.54) is 0 Å². The highest BCUT2D eigenvalue weighted by Gasteiger charge is 2.21. The monoisotopic (exact) mass is 289 g/mol. The Hall–Kier alpha value is -0.570. The Labute approximate surface area is 127 Å². The lowest BCUT2D eigenvalue weighted by Crippen LogP contribution is -2.43. The Morgan fingerprint density at radius 1 is 1.00 bits per heavy atom. The maximum atomic E-state index is 11.0. The molecule has 0 spiro atoms. The second-order valence-electron chi connectivity index (χ2n) is 5.67. The molecule has 0 heterocycles. The van der Waals surface area contributed by atoms with Crippen LogP contribution in [0.4, 0.5) is 0 Å². The zero-order valence-corrected chi connectivity index (χ0v) is 15.6. The van der Waals surface area contributed by atoms with Gasteiger partial charge in [-0.25, -0.2) is 0 Å². The third-order valence-corrected chi connectivity index (χ3v) is 2.59. The molecule has 0 aliphatic heterocycles. The van der Waals surface area contributed by atoms with Crippen LogP contribution in [0.15, 0.2) is 0 Å². The third kappa shape index (κ3) is 17.4. The van der Waals surface area contributed by atoms with Crippen LogP contribution in [0, 0.1) is 0 Å². The molecule has 1 amide bonds. The Kier molecular flexibility index (Phi) is 16.4. The molecule has 0 aromatic rings. The van der Waals surface area contributed by atoms with Crippen LogP contribution in [0.25, 0.3) is 0 Å². The first kappa shape index (κ1) is 24.4. The molecule has 0 aromatic heterocycles. The maximum Gasteiger partial charge on any atom is 0.217 e. The molecule has 124 valence electrons. The molecule has 1 N–H and O–H groups in total. The van der Waals surface area contributed by atoms with Gasteiger partial charge in [0.05, 0.1) is 5.60 Å². The van der Waals surface area contributed by atoms with Crippen LogP contribution >= 0.6 is 0 Å². The number of amides is 1. The van der Waals surface area contributed by atoms with Crippen LogP contribution in [0.1, 0.15) is 88.5 Å². The second-order valence-corrected chi connectivity index (χ2v) is 5.67. The highest BCUT2D eigenvalue weighted by molar-refractivity contribution is 5.73. The third-order valence-electron chi connectivity index (χ3n) is 2.59. The minimum absolute atomic E-state index is 0.0119. The van der Waals surface area contributed by atoms with Crippen molar-refractivity contribution in [3.8, 4) is 0 Å². The molecular weight excluding hydrogens is 250 g/mol. The molecule has 0 saturated heterocycles. The summed E-state index contributed by atoms with van der Waals surface area (Å²) in [7, 11) is 0. The van der Waals surface area contributed by atoms with Gasteiger partial charge in [-0.3, -0.25) is 4.79 Å². The van der Waals surface area contributed by atoms with E-state index in [0.29, 0.717) is 6.61 Å². The number of carbonyl (C=O) groups excluding carboxylic acids is 1. The van der Waals surface area contributed by atoms with Crippen molar-refractivity contribution in [1.29, 1.82) is 0 Å². The molecule has 20 heavy (non-hydrogen) atoms. The van der Waals surface area contributed by atoms with E-state index in [2.05, 4.69) is 26.1 Å². The summed E-state index contributed by atoms with van der Waals surface area (Å²) in [6.45, 7) is 20.6. The lowest BCUT2D eigenvalue weighted by Gasteiger charge is -2.29. The number of nitrogens with one attached hydrogen (secondary N) is 1. The van der Waals surface area contributed by atoms with E-state index in [-0.39, 0.29) is 17.0 Å². The number of carbonyl (C=O) groups is 1. The summed E-state index contributed by atoms with van der Waals surface area (Å²) >= 11 is 0. The van der Waals surface area contributed by atoms with Crippen molar-refractivity contribution in [2.75, 3.05) is 6.61 Å². The first-order chi connectivity index (χ1) is 9.18. The molecule has 0 aromatic carbocycles. The van der Waals surface area contributed by atoms with Gasteiger partial charge in [0.2, 0.25) is 5.91 Å². The van der Waals surface area contributed by atoms with Crippen LogP contribution in [-0.4, -0.2) is 23.7 Å². The van der Waals surface area contributed by atoms with Gasteiger partial charge in [-0.15, -0.1) is 0 Å². The SMILES string of the molecule is CC.CC.CCCC(C)(C)OCCC(C)(C)NC(C)=O. The normalized spacial score (nSPS) is 10.7. The van der Waals surface area contributed by atoms with Crippen LogP contribution < -0.4 is 5.32 Å². The average Bonchev–Trinajstić information content (AvgIpc) is 2.31. The van der Waals surface area contributed by atoms with Gasteiger partial charge in [0.15, 0.2) is 0 Å². The summed E-state index contributed by atoms with van der Waals surface area (Å²) < 4.78 is 5.84. The zero-order valence-electron chi connectivity index (χ0n) is 15.6. The van der Waals surface area contributed by atoms with Crippen molar-refractivity contribution in [3.63, 3.8) is 0 Å². The van der Waals surface area contributed by atoms with Gasteiger partial charge >= 0.3 is 0 Å². The molecule has 3 heteroatoms. The fraction of sp³-hybridized carbons (Fsp3) is 0.941. The Bertz CT molecular complexity index is 223. The molecular formula is C17H39NO2. The predicted octanol–water partition coefficient (Wildman–Crippen LogP) is 4.94. The fourth-order valence-corrected chi connectivity index (χ4v) is 1.80. The number of hydrogen-bond acceptors (Lipinski definition) is 2. The van der Waals surface area contributed by atoms with Gasteiger partial charge in [-0.1, -0.05) is 41.0 Å². The van der Waals surface area contributed by atoms with Gasteiger partial charge in [0, 0.05) is 19.1 Å². The van der Waals surface area contributed by atoms with Crippen molar-refractivity contribution in [2.45, 2.75) is 99.6 Å². The van der Waals surface area contributed by atoms with Crippen molar-refractivity contribution in [1.82, 2.24) is 5.32 Å². The van der Waals surface area contributed by atoms with Gasteiger partial charge < -0.3 is 10.1 Å². The summed E-state index contributed by atoms with van der Waals surface area (Å²) in [6, 6.07) is 0. The van der Waals surface area contributed by atoms with E-state index >= 15 is 0 Å². The van der Waals surface area contributed by atoms with Crippen molar-refractivity contribution < 1.29 is 9.53 Å². The lowest BCUT2D eigenvalue weighted by atomic mass is 10.00. The molecule has 0 saturated carbocycles. The van der Waals surface area contributed by atoms with Crippen LogP contribution in [-0.2, 0) is 9.53 Å². The topological polar surface area (TPSA) is 38.3 Å².